The predicted molar refractivity (Wildman–Crippen MR) is 109 cm³/mol. The molecule has 11 heteroatoms. The van der Waals surface area contributed by atoms with Crippen LogP contribution in [0.5, 0.6) is 0 Å². The average Bonchev–Trinajstić information content (AvgIpc) is 2.71. The third-order valence-electron chi connectivity index (χ3n) is 4.96. The summed E-state index contributed by atoms with van der Waals surface area (Å²) in [6.45, 7) is 0.920. The van der Waals surface area contributed by atoms with Crippen LogP contribution in [0, 0.1) is 5.82 Å². The van der Waals surface area contributed by atoms with E-state index in [2.05, 4.69) is 0 Å². The van der Waals surface area contributed by atoms with Gasteiger partial charge in [-0.05, 0) is 42.5 Å². The normalized spacial score (nSPS) is 15.1. The number of benzene rings is 2. The van der Waals surface area contributed by atoms with Crippen molar-refractivity contribution in [3.63, 3.8) is 0 Å². The second-order valence-corrected chi connectivity index (χ2v) is 9.07. The highest BCUT2D eigenvalue weighted by molar-refractivity contribution is 7.92. The fraction of sp³-hybridized carbons (Fsp3) is 0.350. The van der Waals surface area contributed by atoms with Crippen molar-refractivity contribution in [2.45, 2.75) is 6.18 Å². The Morgan fingerprint density at radius 1 is 1.03 bits per heavy atom. The fourth-order valence-electron chi connectivity index (χ4n) is 3.33. The highest BCUT2D eigenvalue weighted by atomic mass is 32.2. The quantitative estimate of drug-likeness (QED) is 0.646. The van der Waals surface area contributed by atoms with Crippen molar-refractivity contribution in [2.75, 3.05) is 48.2 Å². The smallest absolute Gasteiger partial charge is 0.368 e. The van der Waals surface area contributed by atoms with Gasteiger partial charge in [0.05, 0.1) is 17.5 Å². The summed E-state index contributed by atoms with van der Waals surface area (Å²) in [6.07, 6.45) is -3.80. The van der Waals surface area contributed by atoms with Gasteiger partial charge in [-0.1, -0.05) is 6.07 Å². The molecule has 168 valence electrons. The molecule has 0 radical (unpaired) electrons. The summed E-state index contributed by atoms with van der Waals surface area (Å²) in [7, 11) is -4.00. The predicted octanol–water partition coefficient (Wildman–Crippen LogP) is 2.96. The van der Waals surface area contributed by atoms with Crippen LogP contribution in [0.1, 0.15) is 5.56 Å². The first-order valence-corrected chi connectivity index (χ1v) is 11.2. The molecule has 2 aromatic rings. The maximum absolute atomic E-state index is 13.1. The van der Waals surface area contributed by atoms with E-state index in [1.165, 1.54) is 23.1 Å². The molecule has 1 amide bonds. The van der Waals surface area contributed by atoms with Crippen LogP contribution in [0.4, 0.5) is 28.9 Å². The van der Waals surface area contributed by atoms with Crippen LogP contribution in [0.15, 0.2) is 48.5 Å². The van der Waals surface area contributed by atoms with Crippen molar-refractivity contribution >= 4 is 27.3 Å². The van der Waals surface area contributed by atoms with Crippen LogP contribution in [0.25, 0.3) is 0 Å². The summed E-state index contributed by atoms with van der Waals surface area (Å²) in [6, 6.07) is 9.80. The van der Waals surface area contributed by atoms with Crippen molar-refractivity contribution < 1.29 is 30.8 Å². The van der Waals surface area contributed by atoms with Crippen LogP contribution >= 0.6 is 0 Å². The monoisotopic (exact) mass is 459 g/mol. The lowest BCUT2D eigenvalue weighted by Gasteiger charge is -2.37. The highest BCUT2D eigenvalue weighted by Crippen LogP contribution is 2.32. The van der Waals surface area contributed by atoms with E-state index in [9.17, 15) is 30.8 Å². The lowest BCUT2D eigenvalue weighted by molar-refractivity contribution is -0.137. The largest absolute Gasteiger partial charge is 0.416 e. The van der Waals surface area contributed by atoms with Gasteiger partial charge in [-0.25, -0.2) is 12.8 Å². The molecular formula is C20H21F4N3O3S. The maximum Gasteiger partial charge on any atom is 0.416 e. The fourth-order valence-corrected chi connectivity index (χ4v) is 4.17. The Morgan fingerprint density at radius 2 is 1.65 bits per heavy atom. The number of piperazine rings is 1. The number of halogens is 4. The van der Waals surface area contributed by atoms with Crippen molar-refractivity contribution in [2.24, 2.45) is 0 Å². The van der Waals surface area contributed by atoms with Gasteiger partial charge in [0.1, 0.15) is 12.4 Å². The third-order valence-corrected chi connectivity index (χ3v) is 6.11. The van der Waals surface area contributed by atoms with Crippen LogP contribution in [-0.4, -0.2) is 58.2 Å². The minimum Gasteiger partial charge on any atom is -0.368 e. The number of hydrogen-bond acceptors (Lipinski definition) is 4. The first kappa shape index (κ1) is 22.9. The van der Waals surface area contributed by atoms with Crippen LogP contribution in [-0.2, 0) is 21.0 Å². The molecule has 3 rings (SSSR count). The molecule has 0 spiro atoms. The molecule has 1 saturated heterocycles. The van der Waals surface area contributed by atoms with Gasteiger partial charge in [0.2, 0.25) is 15.9 Å². The van der Waals surface area contributed by atoms with Crippen LogP contribution in [0.3, 0.4) is 0 Å². The molecule has 1 aliphatic heterocycles. The van der Waals surface area contributed by atoms with Gasteiger partial charge >= 0.3 is 6.18 Å². The number of alkyl halides is 3. The van der Waals surface area contributed by atoms with E-state index in [1.807, 2.05) is 4.90 Å². The number of sulfonamides is 1. The molecule has 6 nitrogen and oxygen atoms in total. The summed E-state index contributed by atoms with van der Waals surface area (Å²) in [5, 5.41) is 0. The number of nitrogens with zero attached hydrogens (tertiary/aromatic N) is 3. The Hall–Kier alpha value is -2.82. The Labute approximate surface area is 177 Å². The van der Waals surface area contributed by atoms with E-state index in [4.69, 9.17) is 0 Å². The van der Waals surface area contributed by atoms with Crippen molar-refractivity contribution in [3.05, 3.63) is 59.9 Å². The van der Waals surface area contributed by atoms with Gasteiger partial charge in [0.15, 0.2) is 0 Å². The molecule has 1 fully saturated rings. The minimum atomic E-state index is -4.64. The lowest BCUT2D eigenvalue weighted by Crippen LogP contribution is -2.52. The van der Waals surface area contributed by atoms with Gasteiger partial charge in [0, 0.05) is 31.9 Å². The molecule has 0 saturated carbocycles. The van der Waals surface area contributed by atoms with Crippen LogP contribution < -0.4 is 9.21 Å². The summed E-state index contributed by atoms with van der Waals surface area (Å²) < 4.78 is 77.2. The molecule has 0 unspecified atom stereocenters. The number of anilines is 2. The molecule has 1 aliphatic rings. The zero-order chi connectivity index (χ0) is 22.8. The second-order valence-electron chi connectivity index (χ2n) is 7.16. The van der Waals surface area contributed by atoms with Gasteiger partial charge in [-0.15, -0.1) is 0 Å². The Balaban J connectivity index is 1.70. The summed E-state index contributed by atoms with van der Waals surface area (Å²) >= 11 is 0. The third kappa shape index (κ3) is 5.66. The Bertz CT molecular complexity index is 1030. The molecule has 1 heterocycles. The van der Waals surface area contributed by atoms with Crippen molar-refractivity contribution in [1.82, 2.24) is 4.90 Å². The molecule has 2 aromatic carbocycles. The number of carbonyl (C=O) groups is 1. The van der Waals surface area contributed by atoms with Gasteiger partial charge in [-0.2, -0.15) is 13.2 Å². The molecule has 31 heavy (non-hydrogen) atoms. The zero-order valence-corrected chi connectivity index (χ0v) is 17.5. The van der Waals surface area contributed by atoms with E-state index in [0.717, 1.165) is 24.1 Å². The van der Waals surface area contributed by atoms with E-state index in [1.54, 1.807) is 12.1 Å². The first-order chi connectivity index (χ1) is 14.4. The SMILES string of the molecule is CS(=O)(=O)N(CC(=O)N1CCN(c2ccc(F)cc2)CC1)c1cccc(C(F)(F)F)c1. The van der Waals surface area contributed by atoms with E-state index < -0.39 is 34.2 Å². The van der Waals surface area contributed by atoms with E-state index in [-0.39, 0.29) is 11.5 Å². The number of carbonyl (C=O) groups excluding carboxylic acids is 1. The lowest BCUT2D eigenvalue weighted by atomic mass is 10.2. The van der Waals surface area contributed by atoms with Crippen molar-refractivity contribution in [1.29, 1.82) is 0 Å². The summed E-state index contributed by atoms with van der Waals surface area (Å²) in [5.41, 5.74) is -0.426. The molecule has 0 N–H and O–H groups in total. The first-order valence-electron chi connectivity index (χ1n) is 9.38. The Morgan fingerprint density at radius 3 is 2.19 bits per heavy atom. The molecule has 0 aromatic heterocycles. The molecule has 0 atom stereocenters. The van der Waals surface area contributed by atoms with Crippen LogP contribution in [0.2, 0.25) is 0 Å². The molecule has 0 bridgehead atoms. The minimum absolute atomic E-state index is 0.226. The van der Waals surface area contributed by atoms with Gasteiger partial charge in [0.25, 0.3) is 0 Å². The van der Waals surface area contributed by atoms with Gasteiger partial charge < -0.3 is 9.80 Å². The molecular weight excluding hydrogens is 438 g/mol. The van der Waals surface area contributed by atoms with E-state index in [0.29, 0.717) is 36.6 Å². The number of hydrogen-bond donors (Lipinski definition) is 0. The summed E-state index contributed by atoms with van der Waals surface area (Å²) in [4.78, 5) is 16.2. The van der Waals surface area contributed by atoms with E-state index >= 15 is 0 Å². The maximum atomic E-state index is 13.1. The zero-order valence-electron chi connectivity index (χ0n) is 16.6. The standard InChI is InChI=1S/C20H21F4N3O3S/c1-31(29,30)27(18-4-2-3-15(13-18)20(22,23)24)14-19(28)26-11-9-25(10-12-26)17-7-5-16(21)6-8-17/h2-8,13H,9-12,14H2,1H3. The molecule has 0 aliphatic carbocycles. The average molecular weight is 459 g/mol. The second kappa shape index (κ2) is 8.74. The number of rotatable bonds is 5. The number of amides is 1. The summed E-state index contributed by atoms with van der Waals surface area (Å²) in [5.74, 6) is -0.866. The van der Waals surface area contributed by atoms with Gasteiger partial charge in [-0.3, -0.25) is 9.10 Å². The Kier molecular flexibility index (Phi) is 6.44. The van der Waals surface area contributed by atoms with Crippen molar-refractivity contribution in [3.8, 4) is 0 Å². The topological polar surface area (TPSA) is 60.9 Å². The highest BCUT2D eigenvalue weighted by Gasteiger charge is 2.32.